The fourth-order valence-electron chi connectivity index (χ4n) is 3.39. The Kier molecular flexibility index (Phi) is 5.21. The highest BCUT2D eigenvalue weighted by atomic mass is 32.2. The van der Waals surface area contributed by atoms with Gasteiger partial charge in [-0.1, -0.05) is 65.6 Å². The summed E-state index contributed by atoms with van der Waals surface area (Å²) in [6, 6.07) is 26.0. The third-order valence-corrected chi connectivity index (χ3v) is 6.83. The first-order valence-electron chi connectivity index (χ1n) is 9.60. The number of anilines is 3. The van der Waals surface area contributed by atoms with Crippen LogP contribution < -0.4 is 10.2 Å². The van der Waals surface area contributed by atoms with Gasteiger partial charge in [0.25, 0.3) is 5.91 Å². The molecule has 1 N–H and O–H groups in total. The van der Waals surface area contributed by atoms with Crippen molar-refractivity contribution in [2.45, 2.75) is 16.2 Å². The molecule has 1 aliphatic heterocycles. The second kappa shape index (κ2) is 8.30. The number of rotatable bonds is 5. The zero-order valence-electron chi connectivity index (χ0n) is 16.0. The van der Waals surface area contributed by atoms with Crippen LogP contribution in [0, 0.1) is 0 Å². The number of aromatic nitrogens is 2. The molecule has 2 heterocycles. The van der Waals surface area contributed by atoms with E-state index in [9.17, 15) is 4.79 Å². The van der Waals surface area contributed by atoms with Crippen molar-refractivity contribution in [1.29, 1.82) is 0 Å². The smallest absolute Gasteiger partial charge is 0.257 e. The van der Waals surface area contributed by atoms with Gasteiger partial charge in [-0.2, -0.15) is 0 Å². The summed E-state index contributed by atoms with van der Waals surface area (Å²) in [6.45, 7) is 0.788. The van der Waals surface area contributed by atoms with E-state index in [2.05, 4.69) is 68.9 Å². The number of hydrogen-bond donors (Lipinski definition) is 1. The summed E-state index contributed by atoms with van der Waals surface area (Å²) in [6.07, 6.45) is 0.742. The summed E-state index contributed by atoms with van der Waals surface area (Å²) in [4.78, 5) is 17.2. The van der Waals surface area contributed by atoms with Gasteiger partial charge in [-0.3, -0.25) is 10.1 Å². The average Bonchev–Trinajstić information content (AvgIpc) is 3.24. The lowest BCUT2D eigenvalue weighted by Gasteiger charge is -2.32. The van der Waals surface area contributed by atoms with Gasteiger partial charge in [0.1, 0.15) is 5.01 Å². The summed E-state index contributed by atoms with van der Waals surface area (Å²) in [5.74, 6) is -0.172. The van der Waals surface area contributed by atoms with Gasteiger partial charge in [0.05, 0.1) is 11.4 Å². The number of nitrogens with zero attached hydrogens (tertiary/aromatic N) is 3. The van der Waals surface area contributed by atoms with E-state index < -0.39 is 0 Å². The number of carbonyl (C=O) groups excluding carboxylic acids is 1. The van der Waals surface area contributed by atoms with Crippen LogP contribution in [0.3, 0.4) is 0 Å². The van der Waals surface area contributed by atoms with Crippen molar-refractivity contribution in [3.8, 4) is 0 Å². The lowest BCUT2D eigenvalue weighted by Crippen LogP contribution is -2.23. The van der Waals surface area contributed by atoms with Crippen LogP contribution in [-0.2, 0) is 6.42 Å². The Morgan fingerprint density at radius 3 is 2.17 bits per heavy atom. The molecule has 1 aromatic heterocycles. The van der Waals surface area contributed by atoms with Crippen molar-refractivity contribution in [2.24, 2.45) is 0 Å². The number of benzene rings is 3. The molecule has 0 fully saturated rings. The van der Waals surface area contributed by atoms with Gasteiger partial charge < -0.3 is 4.90 Å². The molecule has 1 aliphatic rings. The van der Waals surface area contributed by atoms with Gasteiger partial charge in [0, 0.05) is 28.3 Å². The third-order valence-electron chi connectivity index (χ3n) is 4.80. The number of nitrogens with one attached hydrogen (secondary N) is 1. The lowest BCUT2D eigenvalue weighted by molar-refractivity contribution is 0.102. The topological polar surface area (TPSA) is 58.1 Å². The normalized spacial score (nSPS) is 12.2. The van der Waals surface area contributed by atoms with E-state index in [1.165, 1.54) is 32.5 Å². The molecule has 1 amide bonds. The molecular weight excluding hydrogens is 412 g/mol. The minimum absolute atomic E-state index is 0.172. The van der Waals surface area contributed by atoms with E-state index in [1.54, 1.807) is 23.9 Å². The van der Waals surface area contributed by atoms with Crippen LogP contribution in [0.2, 0.25) is 0 Å². The van der Waals surface area contributed by atoms with Crippen LogP contribution in [0.1, 0.15) is 15.4 Å². The molecule has 4 aromatic rings. The van der Waals surface area contributed by atoms with Gasteiger partial charge in [-0.25, -0.2) is 0 Å². The summed E-state index contributed by atoms with van der Waals surface area (Å²) in [7, 11) is 0. The summed E-state index contributed by atoms with van der Waals surface area (Å²) < 4.78 is 0. The van der Waals surface area contributed by atoms with E-state index in [1.807, 2.05) is 18.2 Å². The Morgan fingerprint density at radius 2 is 1.47 bits per heavy atom. The number of para-hydroxylation sites is 2. The van der Waals surface area contributed by atoms with E-state index in [0.717, 1.165) is 18.0 Å². The number of carbonyl (C=O) groups is 1. The van der Waals surface area contributed by atoms with Crippen molar-refractivity contribution in [1.82, 2.24) is 10.2 Å². The summed E-state index contributed by atoms with van der Waals surface area (Å²) in [5, 5.41) is 12.7. The maximum absolute atomic E-state index is 12.3. The van der Waals surface area contributed by atoms with Crippen molar-refractivity contribution < 1.29 is 4.79 Å². The minimum atomic E-state index is -0.172. The predicted molar refractivity (Wildman–Crippen MR) is 122 cm³/mol. The first-order valence-corrected chi connectivity index (χ1v) is 11.2. The molecule has 148 valence electrons. The number of amides is 1. The highest BCUT2D eigenvalue weighted by molar-refractivity contribution is 7.99. The quantitative estimate of drug-likeness (QED) is 0.444. The van der Waals surface area contributed by atoms with Gasteiger partial charge >= 0.3 is 0 Å². The van der Waals surface area contributed by atoms with Gasteiger partial charge in [0.15, 0.2) is 0 Å². The SMILES string of the molecule is O=C(Nc1nnc(CCN2c3ccccc3Sc3ccccc32)s1)c1ccccc1. The molecule has 0 saturated heterocycles. The molecule has 0 atom stereocenters. The van der Waals surface area contributed by atoms with Gasteiger partial charge in [-0.15, -0.1) is 10.2 Å². The Labute approximate surface area is 182 Å². The maximum atomic E-state index is 12.3. The Hall–Kier alpha value is -3.16. The first-order chi connectivity index (χ1) is 14.8. The monoisotopic (exact) mass is 430 g/mol. The number of hydrogen-bond acceptors (Lipinski definition) is 6. The molecule has 0 saturated carbocycles. The van der Waals surface area contributed by atoms with Crippen molar-refractivity contribution >= 4 is 45.5 Å². The molecule has 0 radical (unpaired) electrons. The predicted octanol–water partition coefficient (Wildman–Crippen LogP) is 5.64. The second-order valence-corrected chi connectivity index (χ2v) is 8.91. The summed E-state index contributed by atoms with van der Waals surface area (Å²) >= 11 is 3.22. The average molecular weight is 431 g/mol. The number of fused-ring (bicyclic) bond motifs is 2. The van der Waals surface area contributed by atoms with E-state index >= 15 is 0 Å². The molecular formula is C23H18N4OS2. The van der Waals surface area contributed by atoms with Gasteiger partial charge in [0.2, 0.25) is 5.13 Å². The van der Waals surface area contributed by atoms with Gasteiger partial charge in [-0.05, 0) is 36.4 Å². The van der Waals surface area contributed by atoms with Crippen molar-refractivity contribution in [2.75, 3.05) is 16.8 Å². The Morgan fingerprint density at radius 1 is 0.833 bits per heavy atom. The molecule has 3 aromatic carbocycles. The Balaban J connectivity index is 1.31. The molecule has 0 spiro atoms. The molecule has 5 nitrogen and oxygen atoms in total. The molecule has 0 unspecified atom stereocenters. The van der Waals surface area contributed by atoms with Crippen LogP contribution in [0.25, 0.3) is 0 Å². The molecule has 0 bridgehead atoms. The molecule has 7 heteroatoms. The molecule has 30 heavy (non-hydrogen) atoms. The summed E-state index contributed by atoms with van der Waals surface area (Å²) in [5.41, 5.74) is 3.03. The van der Waals surface area contributed by atoms with Crippen LogP contribution in [-0.4, -0.2) is 22.6 Å². The second-order valence-electron chi connectivity index (χ2n) is 6.76. The van der Waals surface area contributed by atoms with E-state index in [4.69, 9.17) is 0 Å². The van der Waals surface area contributed by atoms with Crippen molar-refractivity contribution in [3.63, 3.8) is 0 Å². The van der Waals surface area contributed by atoms with E-state index in [0.29, 0.717) is 10.7 Å². The van der Waals surface area contributed by atoms with Crippen LogP contribution in [0.5, 0.6) is 0 Å². The zero-order valence-corrected chi connectivity index (χ0v) is 17.6. The fourth-order valence-corrected chi connectivity index (χ4v) is 5.21. The highest BCUT2D eigenvalue weighted by Crippen LogP contribution is 2.47. The highest BCUT2D eigenvalue weighted by Gasteiger charge is 2.23. The van der Waals surface area contributed by atoms with E-state index in [-0.39, 0.29) is 5.91 Å². The maximum Gasteiger partial charge on any atom is 0.257 e. The largest absolute Gasteiger partial charge is 0.339 e. The van der Waals surface area contributed by atoms with Crippen LogP contribution in [0.4, 0.5) is 16.5 Å². The lowest BCUT2D eigenvalue weighted by atomic mass is 10.2. The van der Waals surface area contributed by atoms with Crippen LogP contribution in [0.15, 0.2) is 88.7 Å². The van der Waals surface area contributed by atoms with Crippen molar-refractivity contribution in [3.05, 3.63) is 89.4 Å². The Bertz CT molecular complexity index is 1150. The standard InChI is InChI=1S/C23H18N4OS2/c28-22(16-8-2-1-3-9-16)24-23-26-25-21(30-23)14-15-27-17-10-4-6-12-19(17)29-20-13-7-5-11-18(20)27/h1-13H,14-15H2,(H,24,26,28). The fraction of sp³-hybridized carbons (Fsp3) is 0.0870. The third kappa shape index (κ3) is 3.81. The minimum Gasteiger partial charge on any atom is -0.339 e. The molecule has 5 rings (SSSR count). The zero-order chi connectivity index (χ0) is 20.3. The first kappa shape index (κ1) is 18.8. The van der Waals surface area contributed by atoms with Crippen LogP contribution >= 0.6 is 23.1 Å². The molecule has 0 aliphatic carbocycles.